The number of carbonyl (C=O) groups excluding carboxylic acids is 2. The summed E-state index contributed by atoms with van der Waals surface area (Å²) in [5, 5.41) is 25.6. The maximum absolute atomic E-state index is 10.6. The third-order valence-electron chi connectivity index (χ3n) is 1.82. The Kier molecular flexibility index (Phi) is 1.69. The van der Waals surface area contributed by atoms with Crippen LogP contribution in [0.5, 0.6) is 0 Å². The van der Waals surface area contributed by atoms with E-state index in [4.69, 9.17) is 15.3 Å². The first kappa shape index (κ1) is 9.33. The number of ketones is 2. The molecule has 1 aliphatic carbocycles. The number of rotatable bonds is 2. The number of carboxylic acid groups (broad SMARTS) is 2. The molecule has 7 nitrogen and oxygen atoms in total. The van der Waals surface area contributed by atoms with E-state index >= 15 is 0 Å². The van der Waals surface area contributed by atoms with Gasteiger partial charge in [-0.05, 0) is 0 Å². The number of carboxylic acids is 2. The number of Topliss-reactive ketones (excluding diaryl/α,β-unsaturated/α-hetero) is 2. The lowest BCUT2D eigenvalue weighted by Crippen LogP contribution is -2.71. The predicted molar refractivity (Wildman–Crippen MR) is 33.7 cm³/mol. The van der Waals surface area contributed by atoms with E-state index in [9.17, 15) is 19.2 Å². The molecule has 13 heavy (non-hydrogen) atoms. The summed E-state index contributed by atoms with van der Waals surface area (Å²) in [6.07, 6.45) is 0. The Hall–Kier alpha value is -1.76. The zero-order chi connectivity index (χ0) is 10.4. The molecule has 2 atom stereocenters. The number of aliphatic hydroxyl groups is 1. The van der Waals surface area contributed by atoms with Gasteiger partial charge in [0.1, 0.15) is 0 Å². The molecule has 7 heteroatoms. The zero-order valence-corrected chi connectivity index (χ0v) is 6.05. The summed E-state index contributed by atoms with van der Waals surface area (Å²) in [5.41, 5.74) is -3.08. The van der Waals surface area contributed by atoms with Crippen LogP contribution in [0.2, 0.25) is 0 Å². The van der Waals surface area contributed by atoms with E-state index in [2.05, 4.69) is 0 Å². The number of hydrogen-bond donors (Lipinski definition) is 3. The second kappa shape index (κ2) is 2.36. The molecule has 0 saturated heterocycles. The fourth-order valence-electron chi connectivity index (χ4n) is 1.07. The largest absolute Gasteiger partial charge is 0.481 e. The van der Waals surface area contributed by atoms with E-state index < -0.39 is 35.0 Å². The molecule has 1 fully saturated rings. The van der Waals surface area contributed by atoms with Gasteiger partial charge in [0, 0.05) is 0 Å². The van der Waals surface area contributed by atoms with E-state index in [-0.39, 0.29) is 0 Å². The van der Waals surface area contributed by atoms with Crippen LogP contribution in [0.3, 0.4) is 0 Å². The van der Waals surface area contributed by atoms with Gasteiger partial charge in [0.05, 0.1) is 0 Å². The summed E-state index contributed by atoms with van der Waals surface area (Å²) < 4.78 is 0. The van der Waals surface area contributed by atoms with Gasteiger partial charge < -0.3 is 15.3 Å². The summed E-state index contributed by atoms with van der Waals surface area (Å²) in [7, 11) is 0. The van der Waals surface area contributed by atoms with E-state index in [0.29, 0.717) is 0 Å². The van der Waals surface area contributed by atoms with Crippen molar-refractivity contribution in [3.05, 3.63) is 0 Å². The number of hydrogen-bond acceptors (Lipinski definition) is 5. The Labute approximate surface area is 70.6 Å². The summed E-state index contributed by atoms with van der Waals surface area (Å²) in [4.78, 5) is 41.7. The molecular weight excluding hydrogens is 184 g/mol. The molecule has 0 aromatic carbocycles. The van der Waals surface area contributed by atoms with Crippen molar-refractivity contribution in [2.45, 2.75) is 5.60 Å². The van der Waals surface area contributed by atoms with E-state index in [0.717, 1.165) is 0 Å². The topological polar surface area (TPSA) is 129 Å². The Morgan fingerprint density at radius 3 is 1.92 bits per heavy atom. The lowest BCUT2D eigenvalue weighted by atomic mass is 9.67. The van der Waals surface area contributed by atoms with Crippen LogP contribution in [0.1, 0.15) is 0 Å². The standard InChI is InChI=1S/C6H4O7/c7-2-1(4(9)10)6(13,3(2)8)5(11)12/h1,13H,(H,9,10)(H,11,12). The third-order valence-corrected chi connectivity index (χ3v) is 1.82. The Morgan fingerprint density at radius 1 is 1.23 bits per heavy atom. The van der Waals surface area contributed by atoms with Gasteiger partial charge in [0.15, 0.2) is 5.92 Å². The van der Waals surface area contributed by atoms with Crippen LogP contribution in [-0.2, 0) is 19.2 Å². The van der Waals surface area contributed by atoms with Crippen LogP contribution in [0.25, 0.3) is 0 Å². The highest BCUT2D eigenvalue weighted by Gasteiger charge is 2.70. The fourth-order valence-corrected chi connectivity index (χ4v) is 1.07. The van der Waals surface area contributed by atoms with Crippen LogP contribution in [0, 0.1) is 5.92 Å². The molecule has 2 unspecified atom stereocenters. The van der Waals surface area contributed by atoms with Crippen LogP contribution in [0.15, 0.2) is 0 Å². The van der Waals surface area contributed by atoms with Crippen molar-refractivity contribution in [1.29, 1.82) is 0 Å². The van der Waals surface area contributed by atoms with Crippen molar-refractivity contribution in [2.24, 2.45) is 5.92 Å². The number of aliphatic carboxylic acids is 2. The lowest BCUT2D eigenvalue weighted by Gasteiger charge is -2.34. The first-order valence-electron chi connectivity index (χ1n) is 3.10. The Bertz CT molecular complexity index is 330. The average molecular weight is 188 g/mol. The van der Waals surface area contributed by atoms with Gasteiger partial charge in [-0.3, -0.25) is 14.4 Å². The highest BCUT2D eigenvalue weighted by atomic mass is 16.4. The third kappa shape index (κ3) is 0.872. The summed E-state index contributed by atoms with van der Waals surface area (Å²) in [6.45, 7) is 0. The van der Waals surface area contributed by atoms with Gasteiger partial charge in [0.2, 0.25) is 17.2 Å². The van der Waals surface area contributed by atoms with Crippen molar-refractivity contribution < 1.29 is 34.5 Å². The monoisotopic (exact) mass is 188 g/mol. The minimum atomic E-state index is -3.08. The second-order valence-electron chi connectivity index (χ2n) is 2.54. The van der Waals surface area contributed by atoms with Gasteiger partial charge in [-0.2, -0.15) is 0 Å². The Morgan fingerprint density at radius 2 is 1.69 bits per heavy atom. The van der Waals surface area contributed by atoms with Gasteiger partial charge in [-0.25, -0.2) is 4.79 Å². The molecule has 70 valence electrons. The summed E-state index contributed by atoms with van der Waals surface area (Å²) in [6, 6.07) is 0. The molecule has 0 spiro atoms. The molecule has 1 rings (SSSR count). The van der Waals surface area contributed by atoms with Gasteiger partial charge in [0.25, 0.3) is 0 Å². The smallest absolute Gasteiger partial charge is 0.345 e. The van der Waals surface area contributed by atoms with Crippen LogP contribution >= 0.6 is 0 Å². The van der Waals surface area contributed by atoms with Crippen molar-refractivity contribution in [3.8, 4) is 0 Å². The zero-order valence-electron chi connectivity index (χ0n) is 6.05. The summed E-state index contributed by atoms with van der Waals surface area (Å²) in [5.74, 6) is -9.01. The molecule has 0 amide bonds. The molecule has 0 aromatic heterocycles. The van der Waals surface area contributed by atoms with Gasteiger partial charge in [-0.15, -0.1) is 0 Å². The molecule has 1 saturated carbocycles. The molecule has 1 aliphatic rings. The minimum Gasteiger partial charge on any atom is -0.481 e. The normalized spacial score (nSPS) is 32.5. The highest BCUT2D eigenvalue weighted by molar-refractivity contribution is 6.56. The molecular formula is C6H4O7. The van der Waals surface area contributed by atoms with E-state index in [1.54, 1.807) is 0 Å². The average Bonchev–Trinajstić information content (AvgIpc) is 2.02. The maximum atomic E-state index is 10.6. The molecule has 0 radical (unpaired) electrons. The molecule has 0 aromatic rings. The van der Waals surface area contributed by atoms with Crippen LogP contribution in [0.4, 0.5) is 0 Å². The van der Waals surface area contributed by atoms with Crippen molar-refractivity contribution in [2.75, 3.05) is 0 Å². The summed E-state index contributed by atoms with van der Waals surface area (Å²) >= 11 is 0. The second-order valence-corrected chi connectivity index (χ2v) is 2.54. The molecule has 0 bridgehead atoms. The first-order chi connectivity index (χ1) is 5.83. The van der Waals surface area contributed by atoms with Crippen LogP contribution < -0.4 is 0 Å². The van der Waals surface area contributed by atoms with Crippen molar-refractivity contribution in [1.82, 2.24) is 0 Å². The SMILES string of the molecule is O=C(O)C1C(=O)C(=O)C1(O)C(=O)O. The fraction of sp³-hybridized carbons (Fsp3) is 0.333. The lowest BCUT2D eigenvalue weighted by molar-refractivity contribution is -0.193. The van der Waals surface area contributed by atoms with Crippen LogP contribution in [-0.4, -0.2) is 44.4 Å². The maximum Gasteiger partial charge on any atom is 0.345 e. The number of carbonyl (C=O) groups is 4. The van der Waals surface area contributed by atoms with E-state index in [1.165, 1.54) is 0 Å². The van der Waals surface area contributed by atoms with Crippen molar-refractivity contribution in [3.63, 3.8) is 0 Å². The van der Waals surface area contributed by atoms with Gasteiger partial charge >= 0.3 is 11.9 Å². The quantitative estimate of drug-likeness (QED) is 0.327. The van der Waals surface area contributed by atoms with Crippen molar-refractivity contribution >= 4 is 23.5 Å². The molecule has 3 N–H and O–H groups in total. The first-order valence-corrected chi connectivity index (χ1v) is 3.10. The van der Waals surface area contributed by atoms with Gasteiger partial charge in [-0.1, -0.05) is 0 Å². The molecule has 0 heterocycles. The van der Waals surface area contributed by atoms with E-state index in [1.807, 2.05) is 0 Å². The minimum absolute atomic E-state index is 1.39. The predicted octanol–water partition coefficient (Wildman–Crippen LogP) is -2.35. The highest BCUT2D eigenvalue weighted by Crippen LogP contribution is 2.32. The Balaban J connectivity index is 3.12. The molecule has 0 aliphatic heterocycles.